The van der Waals surface area contributed by atoms with E-state index in [4.69, 9.17) is 28.4 Å². The van der Waals surface area contributed by atoms with Crippen molar-refractivity contribution >= 4 is 11.9 Å². The summed E-state index contributed by atoms with van der Waals surface area (Å²) in [5.74, 6) is 1.14. The van der Waals surface area contributed by atoms with Crippen molar-refractivity contribution in [3.8, 4) is 28.7 Å². The summed E-state index contributed by atoms with van der Waals surface area (Å²) in [6, 6.07) is 8.06. The van der Waals surface area contributed by atoms with Crippen molar-refractivity contribution in [1.29, 1.82) is 0 Å². The topological polar surface area (TPSA) is 102 Å². The molecule has 0 saturated heterocycles. The molecule has 0 aliphatic heterocycles. The van der Waals surface area contributed by atoms with Crippen molar-refractivity contribution in [2.75, 3.05) is 42.2 Å². The molecular formula is C21H25NO8. The van der Waals surface area contributed by atoms with Crippen LogP contribution in [0, 0.1) is 0 Å². The molecule has 0 spiro atoms. The number of methoxy groups -OCH3 is 5. The summed E-state index contributed by atoms with van der Waals surface area (Å²) in [7, 11) is 7.47. The van der Waals surface area contributed by atoms with Gasteiger partial charge in [-0.05, 0) is 29.8 Å². The lowest BCUT2D eigenvalue weighted by molar-refractivity contribution is -0.124. The summed E-state index contributed by atoms with van der Waals surface area (Å²) in [4.78, 5) is 24.3. The van der Waals surface area contributed by atoms with Gasteiger partial charge in [0.2, 0.25) is 5.75 Å². The van der Waals surface area contributed by atoms with Crippen LogP contribution in [-0.2, 0) is 16.1 Å². The van der Waals surface area contributed by atoms with Crippen LogP contribution in [0.5, 0.6) is 28.7 Å². The molecule has 0 aliphatic carbocycles. The first kappa shape index (κ1) is 22.7. The van der Waals surface area contributed by atoms with Crippen LogP contribution >= 0.6 is 0 Å². The van der Waals surface area contributed by atoms with Crippen LogP contribution in [0.4, 0.5) is 0 Å². The predicted octanol–water partition coefficient (Wildman–Crippen LogP) is 2.20. The molecular weight excluding hydrogens is 394 g/mol. The van der Waals surface area contributed by atoms with Crippen LogP contribution in [0.1, 0.15) is 15.9 Å². The van der Waals surface area contributed by atoms with E-state index in [2.05, 4.69) is 5.32 Å². The molecule has 0 fully saturated rings. The maximum atomic E-state index is 12.2. The van der Waals surface area contributed by atoms with Gasteiger partial charge in [0, 0.05) is 12.6 Å². The van der Waals surface area contributed by atoms with Crippen molar-refractivity contribution in [3.05, 3.63) is 41.5 Å². The number of hydrogen-bond acceptors (Lipinski definition) is 8. The molecule has 0 saturated carbocycles. The largest absolute Gasteiger partial charge is 0.497 e. The van der Waals surface area contributed by atoms with E-state index in [9.17, 15) is 9.59 Å². The number of amides is 1. The standard InChI is InChI=1S/C21H25NO8/c1-25-15-8-14(9-16(10-15)26-2)21(24)30-12-19(23)22-11-13-6-17(27-3)20(29-5)18(7-13)28-4/h6-10H,11-12H2,1-5H3,(H,22,23). The Hall–Kier alpha value is -3.62. The molecule has 2 aromatic carbocycles. The molecule has 1 amide bonds. The Balaban J connectivity index is 1.96. The molecule has 0 aliphatic rings. The van der Waals surface area contributed by atoms with Crippen molar-refractivity contribution in [2.24, 2.45) is 0 Å². The zero-order chi connectivity index (χ0) is 22.1. The Labute approximate surface area is 174 Å². The summed E-state index contributed by atoms with van der Waals surface area (Å²) in [6.07, 6.45) is 0. The Morgan fingerprint density at radius 1 is 0.767 bits per heavy atom. The number of hydrogen-bond donors (Lipinski definition) is 1. The average Bonchev–Trinajstić information content (AvgIpc) is 2.79. The summed E-state index contributed by atoms with van der Waals surface area (Å²) in [6.45, 7) is -0.261. The molecule has 9 heteroatoms. The smallest absolute Gasteiger partial charge is 0.338 e. The predicted molar refractivity (Wildman–Crippen MR) is 108 cm³/mol. The molecule has 0 heterocycles. The van der Waals surface area contributed by atoms with E-state index in [1.807, 2.05) is 0 Å². The highest BCUT2D eigenvalue weighted by Gasteiger charge is 2.15. The van der Waals surface area contributed by atoms with E-state index in [1.54, 1.807) is 18.2 Å². The molecule has 2 aromatic rings. The lowest BCUT2D eigenvalue weighted by atomic mass is 10.1. The van der Waals surface area contributed by atoms with Gasteiger partial charge in [0.1, 0.15) is 11.5 Å². The molecule has 0 radical (unpaired) electrons. The van der Waals surface area contributed by atoms with E-state index in [-0.39, 0.29) is 12.1 Å². The molecule has 0 bridgehead atoms. The Kier molecular flexibility index (Phi) is 8.16. The first-order chi connectivity index (χ1) is 14.4. The SMILES string of the molecule is COc1cc(OC)cc(C(=O)OCC(=O)NCc2cc(OC)c(OC)c(OC)c2)c1. The van der Waals surface area contributed by atoms with Crippen LogP contribution in [0.15, 0.2) is 30.3 Å². The van der Waals surface area contributed by atoms with Gasteiger partial charge in [0.15, 0.2) is 18.1 Å². The quantitative estimate of drug-likeness (QED) is 0.585. The van der Waals surface area contributed by atoms with Crippen molar-refractivity contribution in [2.45, 2.75) is 6.54 Å². The minimum Gasteiger partial charge on any atom is -0.497 e. The zero-order valence-electron chi connectivity index (χ0n) is 17.6. The van der Waals surface area contributed by atoms with E-state index < -0.39 is 18.5 Å². The van der Waals surface area contributed by atoms with Gasteiger partial charge in [-0.2, -0.15) is 0 Å². The number of benzene rings is 2. The minimum absolute atomic E-state index is 0.181. The third-order valence-electron chi connectivity index (χ3n) is 4.14. The molecule has 0 unspecified atom stereocenters. The summed E-state index contributed by atoms with van der Waals surface area (Å²) in [5.41, 5.74) is 0.935. The van der Waals surface area contributed by atoms with Crippen LogP contribution in [0.25, 0.3) is 0 Å². The van der Waals surface area contributed by atoms with Gasteiger partial charge in [0.25, 0.3) is 5.91 Å². The van der Waals surface area contributed by atoms with Crippen molar-refractivity contribution < 1.29 is 38.0 Å². The van der Waals surface area contributed by atoms with Gasteiger partial charge >= 0.3 is 5.97 Å². The van der Waals surface area contributed by atoms with Gasteiger partial charge in [-0.15, -0.1) is 0 Å². The Morgan fingerprint density at radius 2 is 1.33 bits per heavy atom. The molecule has 2 rings (SSSR count). The summed E-state index contributed by atoms with van der Waals surface area (Å²) in [5, 5.41) is 2.67. The molecule has 0 aromatic heterocycles. The average molecular weight is 419 g/mol. The van der Waals surface area contributed by atoms with Crippen LogP contribution < -0.4 is 29.0 Å². The van der Waals surface area contributed by atoms with Gasteiger partial charge in [-0.1, -0.05) is 0 Å². The van der Waals surface area contributed by atoms with Crippen LogP contribution in [0.3, 0.4) is 0 Å². The van der Waals surface area contributed by atoms with E-state index in [1.165, 1.54) is 47.7 Å². The molecule has 0 atom stereocenters. The number of esters is 1. The first-order valence-corrected chi connectivity index (χ1v) is 8.91. The second-order valence-electron chi connectivity index (χ2n) is 5.99. The minimum atomic E-state index is -0.671. The molecule has 162 valence electrons. The third kappa shape index (κ3) is 5.69. The maximum Gasteiger partial charge on any atom is 0.338 e. The first-order valence-electron chi connectivity index (χ1n) is 8.91. The summed E-state index contributed by atoms with van der Waals surface area (Å²) < 4.78 is 31.1. The van der Waals surface area contributed by atoms with Crippen LogP contribution in [-0.4, -0.2) is 54.0 Å². The molecule has 30 heavy (non-hydrogen) atoms. The van der Waals surface area contributed by atoms with E-state index in [0.717, 1.165) is 5.56 Å². The highest BCUT2D eigenvalue weighted by atomic mass is 16.5. The monoisotopic (exact) mass is 419 g/mol. The zero-order valence-corrected chi connectivity index (χ0v) is 17.6. The molecule has 9 nitrogen and oxygen atoms in total. The van der Waals surface area contributed by atoms with E-state index >= 15 is 0 Å². The lowest BCUT2D eigenvalue weighted by Gasteiger charge is -2.14. The lowest BCUT2D eigenvalue weighted by Crippen LogP contribution is -2.28. The fraction of sp³-hybridized carbons (Fsp3) is 0.333. The number of carbonyl (C=O) groups is 2. The van der Waals surface area contributed by atoms with Gasteiger partial charge < -0.3 is 33.7 Å². The van der Waals surface area contributed by atoms with Crippen molar-refractivity contribution in [1.82, 2.24) is 5.32 Å². The number of ether oxygens (including phenoxy) is 6. The number of rotatable bonds is 10. The number of nitrogens with one attached hydrogen (secondary N) is 1. The highest BCUT2D eigenvalue weighted by molar-refractivity contribution is 5.92. The summed E-state index contributed by atoms with van der Waals surface area (Å²) >= 11 is 0. The third-order valence-corrected chi connectivity index (χ3v) is 4.14. The molecule has 1 N–H and O–H groups in total. The fourth-order valence-corrected chi connectivity index (χ4v) is 2.63. The second-order valence-corrected chi connectivity index (χ2v) is 5.99. The van der Waals surface area contributed by atoms with Crippen LogP contribution in [0.2, 0.25) is 0 Å². The second kappa shape index (κ2) is 10.8. The van der Waals surface area contributed by atoms with Gasteiger partial charge in [0.05, 0.1) is 41.1 Å². The Bertz CT molecular complexity index is 849. The normalized spacial score (nSPS) is 10.0. The van der Waals surface area contributed by atoms with Gasteiger partial charge in [-0.3, -0.25) is 4.79 Å². The highest BCUT2D eigenvalue weighted by Crippen LogP contribution is 2.38. The Morgan fingerprint density at radius 3 is 1.80 bits per heavy atom. The van der Waals surface area contributed by atoms with Gasteiger partial charge in [-0.25, -0.2) is 4.79 Å². The van der Waals surface area contributed by atoms with Crippen molar-refractivity contribution in [3.63, 3.8) is 0 Å². The number of carbonyl (C=O) groups excluding carboxylic acids is 2. The fourth-order valence-electron chi connectivity index (χ4n) is 2.63. The van der Waals surface area contributed by atoms with E-state index in [0.29, 0.717) is 28.7 Å². The maximum absolute atomic E-state index is 12.2.